The van der Waals surface area contributed by atoms with E-state index in [0.29, 0.717) is 0 Å². The molecule has 0 unspecified atom stereocenters. The van der Waals surface area contributed by atoms with Crippen LogP contribution in [0.25, 0.3) is 0 Å². The zero-order valence-corrected chi connectivity index (χ0v) is 11.2. The molecule has 0 N–H and O–H groups in total. The topological polar surface area (TPSA) is 9.23 Å². The van der Waals surface area contributed by atoms with Gasteiger partial charge in [-0.2, -0.15) is 0 Å². The van der Waals surface area contributed by atoms with E-state index in [9.17, 15) is 0 Å². The summed E-state index contributed by atoms with van der Waals surface area (Å²) in [4.78, 5) is 0. The number of hydrogen-bond donors (Lipinski definition) is 0. The van der Waals surface area contributed by atoms with Crippen molar-refractivity contribution in [3.63, 3.8) is 0 Å². The largest absolute Gasteiger partial charge is 0.375 e. The summed E-state index contributed by atoms with van der Waals surface area (Å²) in [6, 6.07) is 9.14. The van der Waals surface area contributed by atoms with Gasteiger partial charge in [0.25, 0.3) is 0 Å². The van der Waals surface area contributed by atoms with Gasteiger partial charge >= 0.3 is 0 Å². The number of benzene rings is 1. The minimum atomic E-state index is 0.202. The van der Waals surface area contributed by atoms with Gasteiger partial charge in [0.15, 0.2) is 0 Å². The first kappa shape index (κ1) is 11.0. The highest BCUT2D eigenvalue weighted by molar-refractivity contribution is 5.34. The normalized spacial score (nSPS) is 41.9. The van der Waals surface area contributed by atoms with Crippen LogP contribution in [-0.4, -0.2) is 12.2 Å². The molecule has 0 radical (unpaired) electrons. The first-order valence-electron chi connectivity index (χ1n) is 7.50. The number of rotatable bonds is 0. The summed E-state index contributed by atoms with van der Waals surface area (Å²) in [5.41, 5.74) is 3.47. The van der Waals surface area contributed by atoms with Gasteiger partial charge in [-0.25, -0.2) is 0 Å². The Morgan fingerprint density at radius 3 is 3.00 bits per heavy atom. The van der Waals surface area contributed by atoms with Crippen molar-refractivity contribution in [1.29, 1.82) is 0 Å². The lowest BCUT2D eigenvalue weighted by Gasteiger charge is -2.48. The molecule has 1 saturated carbocycles. The van der Waals surface area contributed by atoms with Crippen LogP contribution in [0, 0.1) is 11.8 Å². The summed E-state index contributed by atoms with van der Waals surface area (Å²) in [5.74, 6) is 2.50. The van der Waals surface area contributed by atoms with Gasteiger partial charge < -0.3 is 4.74 Å². The number of hydrogen-bond acceptors (Lipinski definition) is 1. The van der Waals surface area contributed by atoms with Crippen molar-refractivity contribution in [3.05, 3.63) is 35.4 Å². The van der Waals surface area contributed by atoms with Gasteiger partial charge in [-0.05, 0) is 67.9 Å². The predicted octanol–water partition coefficient (Wildman–Crippen LogP) is 3.92. The van der Waals surface area contributed by atoms with E-state index in [1.54, 1.807) is 11.1 Å². The zero-order valence-electron chi connectivity index (χ0n) is 11.2. The highest BCUT2D eigenvalue weighted by Crippen LogP contribution is 2.55. The quantitative estimate of drug-likeness (QED) is 0.670. The standard InChI is InChI=1S/C17H22O/c1-17-10-8-14-13-5-3-2-4-12(13)6-7-15(14)16(17)9-11-18-17/h2-5,14-16H,6-11H2,1H3/t14-,15-,16+,17+/m1/s1. The second-order valence-electron chi connectivity index (χ2n) is 6.60. The van der Waals surface area contributed by atoms with Crippen LogP contribution >= 0.6 is 0 Å². The summed E-state index contributed by atoms with van der Waals surface area (Å²) in [6.07, 6.45) is 6.54. The van der Waals surface area contributed by atoms with Crippen molar-refractivity contribution in [2.45, 2.75) is 50.5 Å². The molecule has 1 heterocycles. The Bertz CT molecular complexity index is 466. The highest BCUT2D eigenvalue weighted by Gasteiger charge is 2.51. The van der Waals surface area contributed by atoms with Crippen molar-refractivity contribution in [3.8, 4) is 0 Å². The molecular weight excluding hydrogens is 220 g/mol. The predicted molar refractivity (Wildman–Crippen MR) is 72.7 cm³/mol. The van der Waals surface area contributed by atoms with Crippen LogP contribution in [0.1, 0.15) is 49.7 Å². The summed E-state index contributed by atoms with van der Waals surface area (Å²) < 4.78 is 6.08. The van der Waals surface area contributed by atoms with Crippen LogP contribution in [0.2, 0.25) is 0 Å². The second kappa shape index (κ2) is 3.84. The maximum Gasteiger partial charge on any atom is 0.0686 e. The molecular formula is C17H22O. The van der Waals surface area contributed by atoms with Crippen molar-refractivity contribution in [2.75, 3.05) is 6.61 Å². The molecule has 96 valence electrons. The molecule has 1 nitrogen and oxygen atoms in total. The third-order valence-corrected chi connectivity index (χ3v) is 5.83. The van der Waals surface area contributed by atoms with Gasteiger partial charge in [-0.3, -0.25) is 0 Å². The number of fused-ring (bicyclic) bond motifs is 5. The monoisotopic (exact) mass is 242 g/mol. The van der Waals surface area contributed by atoms with E-state index in [1.807, 2.05) is 0 Å². The summed E-state index contributed by atoms with van der Waals surface area (Å²) >= 11 is 0. The summed E-state index contributed by atoms with van der Waals surface area (Å²) in [5, 5.41) is 0. The van der Waals surface area contributed by atoms with Crippen LogP contribution in [0.5, 0.6) is 0 Å². The van der Waals surface area contributed by atoms with Gasteiger partial charge in [0.1, 0.15) is 0 Å². The molecule has 0 amide bonds. The van der Waals surface area contributed by atoms with Gasteiger partial charge in [0, 0.05) is 6.61 Å². The fourth-order valence-corrected chi connectivity index (χ4v) is 4.93. The lowest BCUT2D eigenvalue weighted by molar-refractivity contribution is -0.0566. The molecule has 1 aromatic rings. The van der Waals surface area contributed by atoms with E-state index < -0.39 is 0 Å². The lowest BCUT2D eigenvalue weighted by atomic mass is 9.59. The average molecular weight is 242 g/mol. The molecule has 4 rings (SSSR count). The van der Waals surface area contributed by atoms with Crippen molar-refractivity contribution < 1.29 is 4.74 Å². The zero-order chi connectivity index (χ0) is 12.2. The summed E-state index contributed by atoms with van der Waals surface area (Å²) in [6.45, 7) is 3.35. The molecule has 18 heavy (non-hydrogen) atoms. The first-order chi connectivity index (χ1) is 8.78. The molecule has 2 fully saturated rings. The molecule has 0 bridgehead atoms. The molecule has 4 atom stereocenters. The van der Waals surface area contributed by atoms with E-state index in [4.69, 9.17) is 4.74 Å². The van der Waals surface area contributed by atoms with E-state index in [1.165, 1.54) is 32.1 Å². The van der Waals surface area contributed by atoms with Crippen LogP contribution < -0.4 is 0 Å². The average Bonchev–Trinajstić information content (AvgIpc) is 2.80. The molecule has 1 aliphatic heterocycles. The van der Waals surface area contributed by atoms with Crippen molar-refractivity contribution in [1.82, 2.24) is 0 Å². The SMILES string of the molecule is C[C@]12CC[C@@H]3c4ccccc4CC[C@H]3[C@@H]1CCO2. The molecule has 1 aromatic carbocycles. The van der Waals surface area contributed by atoms with Gasteiger partial charge in [-0.15, -0.1) is 0 Å². The molecule has 1 heteroatoms. The Hall–Kier alpha value is -0.820. The van der Waals surface area contributed by atoms with Crippen LogP contribution in [0.3, 0.4) is 0 Å². The van der Waals surface area contributed by atoms with Crippen molar-refractivity contribution >= 4 is 0 Å². The minimum absolute atomic E-state index is 0.202. The van der Waals surface area contributed by atoms with E-state index in [2.05, 4.69) is 31.2 Å². The third kappa shape index (κ3) is 1.43. The van der Waals surface area contributed by atoms with Gasteiger partial charge in [-0.1, -0.05) is 24.3 Å². The fraction of sp³-hybridized carbons (Fsp3) is 0.647. The Balaban J connectivity index is 1.73. The lowest BCUT2D eigenvalue weighted by Crippen LogP contribution is -2.44. The Morgan fingerprint density at radius 2 is 2.06 bits per heavy atom. The Morgan fingerprint density at radius 1 is 1.17 bits per heavy atom. The third-order valence-electron chi connectivity index (χ3n) is 5.83. The van der Waals surface area contributed by atoms with Gasteiger partial charge in [0.05, 0.1) is 5.60 Å². The van der Waals surface area contributed by atoms with Gasteiger partial charge in [0.2, 0.25) is 0 Å². The van der Waals surface area contributed by atoms with Crippen LogP contribution in [-0.2, 0) is 11.2 Å². The molecule has 0 aromatic heterocycles. The summed E-state index contributed by atoms with van der Waals surface area (Å²) in [7, 11) is 0. The smallest absolute Gasteiger partial charge is 0.0686 e. The molecule has 2 aliphatic carbocycles. The second-order valence-corrected chi connectivity index (χ2v) is 6.60. The Kier molecular flexibility index (Phi) is 2.35. The Labute approximate surface area is 110 Å². The van der Waals surface area contributed by atoms with Crippen LogP contribution in [0.4, 0.5) is 0 Å². The van der Waals surface area contributed by atoms with Crippen molar-refractivity contribution in [2.24, 2.45) is 11.8 Å². The maximum atomic E-state index is 6.08. The number of ether oxygens (including phenoxy) is 1. The first-order valence-corrected chi connectivity index (χ1v) is 7.50. The molecule has 0 spiro atoms. The molecule has 1 saturated heterocycles. The maximum absolute atomic E-state index is 6.08. The molecule has 3 aliphatic rings. The minimum Gasteiger partial charge on any atom is -0.375 e. The van der Waals surface area contributed by atoms with E-state index in [0.717, 1.165) is 24.4 Å². The number of aryl methyl sites for hydroxylation is 1. The van der Waals surface area contributed by atoms with E-state index in [-0.39, 0.29) is 5.60 Å². The van der Waals surface area contributed by atoms with Crippen LogP contribution in [0.15, 0.2) is 24.3 Å². The highest BCUT2D eigenvalue weighted by atomic mass is 16.5. The van der Waals surface area contributed by atoms with E-state index >= 15 is 0 Å². The fourth-order valence-electron chi connectivity index (χ4n) is 4.93.